The fraction of sp³-hybridized carbons (Fsp3) is 0.800. The highest BCUT2D eigenvalue weighted by Crippen LogP contribution is 2.28. The van der Waals surface area contributed by atoms with Crippen LogP contribution in [0.5, 0.6) is 0 Å². The number of nitrogens with zero attached hydrogens (tertiary/aromatic N) is 3. The molecule has 0 radical (unpaired) electrons. The largest absolute Gasteiger partial charge is 0.342 e. The van der Waals surface area contributed by atoms with E-state index in [-0.39, 0.29) is 0 Å². The Bertz CT molecular complexity index is 398. The summed E-state index contributed by atoms with van der Waals surface area (Å²) in [6.45, 7) is 7.99. The van der Waals surface area contributed by atoms with Crippen LogP contribution in [0.3, 0.4) is 0 Å². The van der Waals surface area contributed by atoms with E-state index in [1.54, 1.807) is 0 Å². The van der Waals surface area contributed by atoms with E-state index in [2.05, 4.69) is 39.8 Å². The van der Waals surface area contributed by atoms with Gasteiger partial charge in [-0.15, -0.1) is 0 Å². The van der Waals surface area contributed by atoms with Crippen LogP contribution >= 0.6 is 0 Å². The predicted octanol–water partition coefficient (Wildman–Crippen LogP) is 2.43. The van der Waals surface area contributed by atoms with Gasteiger partial charge in [0.2, 0.25) is 5.95 Å². The van der Waals surface area contributed by atoms with Crippen molar-refractivity contribution < 1.29 is 0 Å². The van der Waals surface area contributed by atoms with Crippen LogP contribution in [0.2, 0.25) is 0 Å². The Labute approximate surface area is 116 Å². The molecule has 106 valence electrons. The second-order valence-corrected chi connectivity index (χ2v) is 6.26. The summed E-state index contributed by atoms with van der Waals surface area (Å²) in [5, 5.41) is 3.67. The molecule has 0 aromatic carbocycles. The van der Waals surface area contributed by atoms with Crippen molar-refractivity contribution >= 4 is 5.95 Å². The molecule has 2 fully saturated rings. The maximum Gasteiger partial charge on any atom is 0.205 e. The summed E-state index contributed by atoms with van der Waals surface area (Å²) in [5.41, 5.74) is 0. The smallest absolute Gasteiger partial charge is 0.205 e. The monoisotopic (exact) mass is 262 g/mol. The quantitative estimate of drug-likeness (QED) is 0.908. The molecule has 2 saturated heterocycles. The van der Waals surface area contributed by atoms with Crippen molar-refractivity contribution in [1.29, 1.82) is 0 Å². The van der Waals surface area contributed by atoms with E-state index in [0.717, 1.165) is 31.0 Å². The normalized spacial score (nSPS) is 25.4. The Morgan fingerprint density at radius 1 is 1.26 bits per heavy atom. The molecule has 1 N–H and O–H groups in total. The third kappa shape index (κ3) is 2.64. The van der Waals surface area contributed by atoms with Gasteiger partial charge in [0.05, 0.1) is 0 Å². The number of nitrogens with one attached hydrogen (secondary N) is 1. The van der Waals surface area contributed by atoms with Gasteiger partial charge in [-0.2, -0.15) is 0 Å². The number of hydrogen-bond acceptors (Lipinski definition) is 3. The summed E-state index contributed by atoms with van der Waals surface area (Å²) >= 11 is 0. The molecular formula is C15H26N4. The van der Waals surface area contributed by atoms with Crippen LogP contribution in [-0.2, 0) is 0 Å². The fourth-order valence-corrected chi connectivity index (χ4v) is 3.57. The molecule has 0 bridgehead atoms. The van der Waals surface area contributed by atoms with E-state index in [1.165, 1.54) is 32.2 Å². The number of piperidine rings is 1. The van der Waals surface area contributed by atoms with Crippen molar-refractivity contribution in [1.82, 2.24) is 14.9 Å². The second-order valence-electron chi connectivity index (χ2n) is 6.26. The van der Waals surface area contributed by atoms with Crippen LogP contribution in [-0.4, -0.2) is 35.2 Å². The van der Waals surface area contributed by atoms with Gasteiger partial charge in [0.15, 0.2) is 0 Å². The van der Waals surface area contributed by atoms with Crippen LogP contribution < -0.4 is 10.2 Å². The van der Waals surface area contributed by atoms with Gasteiger partial charge in [0.25, 0.3) is 0 Å². The van der Waals surface area contributed by atoms with Gasteiger partial charge < -0.3 is 14.8 Å². The third-order valence-corrected chi connectivity index (χ3v) is 4.69. The Balaban J connectivity index is 1.61. The molecule has 3 rings (SSSR count). The van der Waals surface area contributed by atoms with Crippen molar-refractivity contribution in [3.8, 4) is 0 Å². The van der Waals surface area contributed by atoms with Gasteiger partial charge >= 0.3 is 0 Å². The number of anilines is 1. The first-order valence-electron chi connectivity index (χ1n) is 7.77. The fourth-order valence-electron chi connectivity index (χ4n) is 3.57. The van der Waals surface area contributed by atoms with Gasteiger partial charge in [0, 0.05) is 37.6 Å². The van der Waals surface area contributed by atoms with Gasteiger partial charge in [-0.05, 0) is 52.0 Å². The molecule has 1 unspecified atom stereocenters. The second kappa shape index (κ2) is 5.53. The van der Waals surface area contributed by atoms with Gasteiger partial charge in [-0.25, -0.2) is 4.98 Å². The molecular weight excluding hydrogens is 236 g/mol. The lowest BCUT2D eigenvalue weighted by molar-refractivity contribution is 0.316. The lowest BCUT2D eigenvalue weighted by Crippen LogP contribution is -2.41. The van der Waals surface area contributed by atoms with Crippen molar-refractivity contribution in [2.75, 3.05) is 24.5 Å². The molecule has 3 heterocycles. The minimum atomic E-state index is 0.492. The van der Waals surface area contributed by atoms with Gasteiger partial charge in [0.1, 0.15) is 0 Å². The van der Waals surface area contributed by atoms with Crippen molar-refractivity contribution in [3.05, 3.63) is 12.4 Å². The number of rotatable bonds is 3. The minimum Gasteiger partial charge on any atom is -0.342 e. The molecule has 1 atom stereocenters. The highest BCUT2D eigenvalue weighted by atomic mass is 15.3. The molecule has 0 saturated carbocycles. The average molecular weight is 262 g/mol. The summed E-state index contributed by atoms with van der Waals surface area (Å²) in [5.74, 6) is 2.04. The zero-order valence-corrected chi connectivity index (χ0v) is 12.2. The Hall–Kier alpha value is -1.03. The lowest BCUT2D eigenvalue weighted by atomic mass is 9.89. The summed E-state index contributed by atoms with van der Waals surface area (Å²) < 4.78 is 2.29. The van der Waals surface area contributed by atoms with Crippen LogP contribution in [0.25, 0.3) is 0 Å². The predicted molar refractivity (Wildman–Crippen MR) is 78.6 cm³/mol. The first kappa shape index (κ1) is 13.0. The van der Waals surface area contributed by atoms with Crippen LogP contribution in [0.1, 0.15) is 45.6 Å². The molecule has 0 spiro atoms. The third-order valence-electron chi connectivity index (χ3n) is 4.69. The molecule has 1 aromatic rings. The van der Waals surface area contributed by atoms with E-state index in [0.29, 0.717) is 6.04 Å². The number of hydrogen-bond donors (Lipinski definition) is 1. The van der Waals surface area contributed by atoms with Gasteiger partial charge in [-0.3, -0.25) is 0 Å². The standard InChI is InChI=1S/C15H26N4/c1-12(2)19-11-8-17-15(19)18-9-5-13(6-10-18)14-4-3-7-16-14/h8,11-14,16H,3-7,9-10H2,1-2H3. The summed E-state index contributed by atoms with van der Waals surface area (Å²) in [6.07, 6.45) is 9.39. The van der Waals surface area contributed by atoms with E-state index in [9.17, 15) is 0 Å². The highest BCUT2D eigenvalue weighted by Gasteiger charge is 2.29. The van der Waals surface area contributed by atoms with Crippen molar-refractivity contribution in [2.24, 2.45) is 5.92 Å². The zero-order valence-electron chi connectivity index (χ0n) is 12.2. The summed E-state index contributed by atoms with van der Waals surface area (Å²) in [7, 11) is 0. The van der Waals surface area contributed by atoms with E-state index < -0.39 is 0 Å². The Kier molecular flexibility index (Phi) is 3.78. The molecule has 4 heteroatoms. The maximum absolute atomic E-state index is 4.56. The molecule has 0 aliphatic carbocycles. The van der Waals surface area contributed by atoms with Crippen molar-refractivity contribution in [3.63, 3.8) is 0 Å². The first-order valence-corrected chi connectivity index (χ1v) is 7.77. The number of aromatic nitrogens is 2. The van der Waals surface area contributed by atoms with Crippen LogP contribution in [0.4, 0.5) is 5.95 Å². The van der Waals surface area contributed by atoms with Crippen LogP contribution in [0.15, 0.2) is 12.4 Å². The molecule has 2 aliphatic heterocycles. The average Bonchev–Trinajstić information content (AvgIpc) is 3.10. The summed E-state index contributed by atoms with van der Waals surface area (Å²) in [6, 6.07) is 1.28. The molecule has 1 aromatic heterocycles. The molecule has 0 amide bonds. The number of imidazole rings is 1. The summed E-state index contributed by atoms with van der Waals surface area (Å²) in [4.78, 5) is 7.02. The van der Waals surface area contributed by atoms with E-state index in [4.69, 9.17) is 0 Å². The van der Waals surface area contributed by atoms with E-state index >= 15 is 0 Å². The molecule has 19 heavy (non-hydrogen) atoms. The van der Waals surface area contributed by atoms with Crippen molar-refractivity contribution in [2.45, 2.75) is 51.6 Å². The van der Waals surface area contributed by atoms with Crippen LogP contribution in [0, 0.1) is 5.92 Å². The SMILES string of the molecule is CC(C)n1ccnc1N1CCC(C2CCCN2)CC1. The minimum absolute atomic E-state index is 0.492. The Morgan fingerprint density at radius 2 is 2.05 bits per heavy atom. The Morgan fingerprint density at radius 3 is 2.68 bits per heavy atom. The topological polar surface area (TPSA) is 33.1 Å². The highest BCUT2D eigenvalue weighted by molar-refractivity contribution is 5.32. The molecule has 4 nitrogen and oxygen atoms in total. The lowest BCUT2D eigenvalue weighted by Gasteiger charge is -2.36. The first-order chi connectivity index (χ1) is 9.25. The van der Waals surface area contributed by atoms with Gasteiger partial charge in [-0.1, -0.05) is 0 Å². The van der Waals surface area contributed by atoms with E-state index in [1.807, 2.05) is 6.20 Å². The molecule has 2 aliphatic rings. The zero-order chi connectivity index (χ0) is 13.2. The maximum atomic E-state index is 4.56.